The molecule has 0 aromatic carbocycles. The molecule has 0 aliphatic carbocycles. The molecular weight excluding hydrogens is 694 g/mol. The van der Waals surface area contributed by atoms with Crippen molar-refractivity contribution >= 4 is 0 Å². The molecule has 3 heterocycles. The molecular formula is C37H73N3O13. The average Bonchev–Trinajstić information content (AvgIpc) is 3.92. The quantitative estimate of drug-likeness (QED) is 0.0601. The van der Waals surface area contributed by atoms with Gasteiger partial charge in [-0.25, -0.2) is 0 Å². The first-order valence-electron chi connectivity index (χ1n) is 19.9. The predicted octanol–water partition coefficient (Wildman–Crippen LogP) is -0.768. The van der Waals surface area contributed by atoms with Gasteiger partial charge in [0.1, 0.15) is 0 Å². The predicted molar refractivity (Wildman–Crippen MR) is 197 cm³/mol. The SMILES string of the molecule is CN(CC(O)COCCOCCOCC(O)CN(CC(O)COCCOCCOCC(O)CN(C)CC1CCCO1)CC1CCCO1)CC1CCCO1. The molecule has 16 heteroatoms. The van der Waals surface area contributed by atoms with Gasteiger partial charge in [-0.05, 0) is 52.6 Å². The highest BCUT2D eigenvalue weighted by Crippen LogP contribution is 2.15. The largest absolute Gasteiger partial charge is 0.389 e. The molecule has 4 N–H and O–H groups in total. The van der Waals surface area contributed by atoms with E-state index in [1.165, 1.54) is 0 Å². The van der Waals surface area contributed by atoms with Crippen LogP contribution >= 0.6 is 0 Å². The molecule has 7 unspecified atom stereocenters. The van der Waals surface area contributed by atoms with E-state index in [1.54, 1.807) is 0 Å². The Bertz CT molecular complexity index is 795. The second kappa shape index (κ2) is 29.6. The summed E-state index contributed by atoms with van der Waals surface area (Å²) in [6, 6.07) is 0. The summed E-state index contributed by atoms with van der Waals surface area (Å²) in [5.41, 5.74) is 0. The minimum Gasteiger partial charge on any atom is -0.389 e. The third kappa shape index (κ3) is 23.9. The summed E-state index contributed by atoms with van der Waals surface area (Å²) in [4.78, 5) is 6.16. The van der Waals surface area contributed by atoms with Crippen LogP contribution < -0.4 is 0 Å². The topological polar surface area (TPSA) is 174 Å². The van der Waals surface area contributed by atoms with Gasteiger partial charge < -0.3 is 72.9 Å². The van der Waals surface area contributed by atoms with Crippen LogP contribution in [-0.2, 0) is 42.6 Å². The molecule has 0 spiro atoms. The lowest BCUT2D eigenvalue weighted by molar-refractivity contribution is -0.0438. The van der Waals surface area contributed by atoms with Gasteiger partial charge in [0.2, 0.25) is 0 Å². The van der Waals surface area contributed by atoms with Crippen LogP contribution in [0.15, 0.2) is 0 Å². The maximum absolute atomic E-state index is 10.7. The molecule has 3 fully saturated rings. The Morgan fingerprint density at radius 2 is 0.755 bits per heavy atom. The van der Waals surface area contributed by atoms with E-state index in [2.05, 4.69) is 9.80 Å². The van der Waals surface area contributed by atoms with Crippen LogP contribution in [0, 0.1) is 0 Å². The molecule has 0 saturated carbocycles. The van der Waals surface area contributed by atoms with Crippen LogP contribution in [0.4, 0.5) is 0 Å². The molecule has 3 saturated heterocycles. The molecule has 314 valence electrons. The van der Waals surface area contributed by atoms with Crippen molar-refractivity contribution in [2.75, 3.05) is 159 Å². The Morgan fingerprint density at radius 3 is 1.08 bits per heavy atom. The maximum atomic E-state index is 10.7. The fourth-order valence-corrected chi connectivity index (χ4v) is 6.80. The molecule has 0 aromatic rings. The molecule has 0 amide bonds. The zero-order valence-corrected chi connectivity index (χ0v) is 32.6. The van der Waals surface area contributed by atoms with Gasteiger partial charge in [0.05, 0.1) is 122 Å². The van der Waals surface area contributed by atoms with E-state index in [4.69, 9.17) is 42.6 Å². The van der Waals surface area contributed by atoms with Gasteiger partial charge in [-0.15, -0.1) is 0 Å². The summed E-state index contributed by atoms with van der Waals surface area (Å²) in [6.45, 7) is 10.1. The van der Waals surface area contributed by atoms with Gasteiger partial charge in [0.25, 0.3) is 0 Å². The number of hydrogen-bond acceptors (Lipinski definition) is 16. The molecule has 53 heavy (non-hydrogen) atoms. The van der Waals surface area contributed by atoms with Crippen LogP contribution in [0.5, 0.6) is 0 Å². The van der Waals surface area contributed by atoms with Crippen LogP contribution in [0.1, 0.15) is 38.5 Å². The third-order valence-corrected chi connectivity index (χ3v) is 9.28. The first-order valence-corrected chi connectivity index (χ1v) is 19.9. The summed E-state index contributed by atoms with van der Waals surface area (Å²) in [5, 5.41) is 41.8. The number of aliphatic hydroxyl groups excluding tert-OH is 4. The van der Waals surface area contributed by atoms with Gasteiger partial charge >= 0.3 is 0 Å². The number of aliphatic hydroxyl groups is 4. The zero-order valence-electron chi connectivity index (χ0n) is 32.6. The fourth-order valence-electron chi connectivity index (χ4n) is 6.80. The fraction of sp³-hybridized carbons (Fsp3) is 1.00. The van der Waals surface area contributed by atoms with Gasteiger partial charge in [-0.3, -0.25) is 4.90 Å². The van der Waals surface area contributed by atoms with Crippen LogP contribution in [0.2, 0.25) is 0 Å². The minimum atomic E-state index is -0.739. The van der Waals surface area contributed by atoms with E-state index in [0.29, 0.717) is 85.6 Å². The maximum Gasteiger partial charge on any atom is 0.0900 e. The van der Waals surface area contributed by atoms with Crippen molar-refractivity contribution in [3.05, 3.63) is 0 Å². The Balaban J connectivity index is 1.14. The number of ether oxygens (including phenoxy) is 9. The number of rotatable bonds is 34. The number of likely N-dealkylation sites (N-methyl/N-ethyl adjacent to an activating group) is 2. The molecule has 3 aliphatic heterocycles. The Labute approximate surface area is 317 Å². The van der Waals surface area contributed by atoms with Crippen molar-refractivity contribution < 1.29 is 63.1 Å². The summed E-state index contributed by atoms with van der Waals surface area (Å²) in [6.07, 6.45) is 4.31. The molecule has 0 aromatic heterocycles. The second-order valence-corrected chi connectivity index (χ2v) is 14.7. The molecule has 16 nitrogen and oxygen atoms in total. The van der Waals surface area contributed by atoms with E-state index in [9.17, 15) is 20.4 Å². The Kier molecular flexibility index (Phi) is 26.1. The highest BCUT2D eigenvalue weighted by atomic mass is 16.6. The zero-order chi connectivity index (χ0) is 37.9. The Morgan fingerprint density at radius 1 is 0.453 bits per heavy atom. The normalized spacial score (nSPS) is 23.2. The van der Waals surface area contributed by atoms with Crippen molar-refractivity contribution in [2.45, 2.75) is 81.3 Å². The highest BCUT2D eigenvalue weighted by Gasteiger charge is 2.24. The van der Waals surface area contributed by atoms with Gasteiger partial charge in [-0.1, -0.05) is 0 Å². The summed E-state index contributed by atoms with van der Waals surface area (Å²) in [5.74, 6) is 0. The van der Waals surface area contributed by atoms with Crippen LogP contribution in [0.25, 0.3) is 0 Å². The molecule has 0 bridgehead atoms. The van der Waals surface area contributed by atoms with Crippen molar-refractivity contribution in [1.82, 2.24) is 14.7 Å². The van der Waals surface area contributed by atoms with Crippen LogP contribution in [-0.4, -0.2) is 237 Å². The first-order chi connectivity index (χ1) is 25.8. The van der Waals surface area contributed by atoms with Crippen molar-refractivity contribution in [3.8, 4) is 0 Å². The van der Waals surface area contributed by atoms with Gasteiger partial charge in [0.15, 0.2) is 0 Å². The number of hydrogen-bond donors (Lipinski definition) is 4. The standard InChI is InChI=1S/C37H73N3O13/c1-38(24-35-6-3-9-51-35)20-31(41)27-47-16-12-45-14-18-49-29-33(43)22-40(26-37-8-5-11-53-37)23-34(44)30-50-19-15-46-13-17-48-28-32(42)21-39(2)25-36-7-4-10-52-36/h31-37,41-44H,3-30H2,1-2H3. The van der Waals surface area contributed by atoms with Gasteiger partial charge in [-0.2, -0.15) is 0 Å². The minimum absolute atomic E-state index is 0.0737. The van der Waals surface area contributed by atoms with Crippen molar-refractivity contribution in [3.63, 3.8) is 0 Å². The lowest BCUT2D eigenvalue weighted by Crippen LogP contribution is -2.44. The summed E-state index contributed by atoms with van der Waals surface area (Å²) >= 11 is 0. The van der Waals surface area contributed by atoms with Crippen molar-refractivity contribution in [1.29, 1.82) is 0 Å². The smallest absolute Gasteiger partial charge is 0.0900 e. The van der Waals surface area contributed by atoms with E-state index in [0.717, 1.165) is 71.4 Å². The summed E-state index contributed by atoms with van der Waals surface area (Å²) in [7, 11) is 3.96. The van der Waals surface area contributed by atoms with Gasteiger partial charge in [0, 0.05) is 65.6 Å². The number of nitrogens with zero attached hydrogens (tertiary/aromatic N) is 3. The first kappa shape index (κ1) is 46.7. The van der Waals surface area contributed by atoms with E-state index in [1.807, 2.05) is 19.0 Å². The molecule has 7 atom stereocenters. The van der Waals surface area contributed by atoms with Crippen molar-refractivity contribution in [2.24, 2.45) is 0 Å². The average molecular weight is 768 g/mol. The lowest BCUT2D eigenvalue weighted by atomic mass is 10.2. The summed E-state index contributed by atoms with van der Waals surface area (Å²) < 4.78 is 50.6. The van der Waals surface area contributed by atoms with E-state index < -0.39 is 24.4 Å². The highest BCUT2D eigenvalue weighted by molar-refractivity contribution is 4.76. The van der Waals surface area contributed by atoms with E-state index in [-0.39, 0.29) is 44.7 Å². The Hall–Kier alpha value is -0.640. The monoisotopic (exact) mass is 768 g/mol. The molecule has 3 rings (SSSR count). The lowest BCUT2D eigenvalue weighted by Gasteiger charge is -2.29. The second-order valence-electron chi connectivity index (χ2n) is 14.7. The molecule has 0 radical (unpaired) electrons. The molecule has 3 aliphatic rings. The van der Waals surface area contributed by atoms with Crippen LogP contribution in [0.3, 0.4) is 0 Å². The van der Waals surface area contributed by atoms with E-state index >= 15 is 0 Å². The third-order valence-electron chi connectivity index (χ3n) is 9.28.